The third-order valence-corrected chi connectivity index (χ3v) is 3.04. The summed E-state index contributed by atoms with van der Waals surface area (Å²) >= 11 is 6.13. The minimum atomic E-state index is -0.0360. The molecule has 1 aromatic rings. The maximum Gasteiger partial charge on any atom is 0.221 e. The molecule has 1 aromatic carbocycles. The average Bonchev–Trinajstić information content (AvgIpc) is 2.39. The topological polar surface area (TPSA) is 73.6 Å². The summed E-state index contributed by atoms with van der Waals surface area (Å²) in [6, 6.07) is 3.74. The van der Waals surface area contributed by atoms with Crippen molar-refractivity contribution in [3.05, 3.63) is 22.7 Å². The van der Waals surface area contributed by atoms with Gasteiger partial charge in [-0.05, 0) is 24.1 Å². The molecule has 3 N–H and O–H groups in total. The number of fused-ring (bicyclic) bond motifs is 1. The van der Waals surface area contributed by atoms with Crippen LogP contribution in [0.5, 0.6) is 11.5 Å². The van der Waals surface area contributed by atoms with Crippen LogP contribution >= 0.6 is 24.0 Å². The second-order valence-electron chi connectivity index (χ2n) is 4.24. The van der Waals surface area contributed by atoms with Crippen molar-refractivity contribution in [1.29, 1.82) is 0 Å². The van der Waals surface area contributed by atoms with Crippen LogP contribution in [0.15, 0.2) is 12.1 Å². The molecule has 5 nitrogen and oxygen atoms in total. The van der Waals surface area contributed by atoms with Crippen LogP contribution in [0.25, 0.3) is 0 Å². The Morgan fingerprint density at radius 1 is 1.35 bits per heavy atom. The van der Waals surface area contributed by atoms with Crippen LogP contribution < -0.4 is 20.5 Å². The fraction of sp³-hybridized carbons (Fsp3) is 0.462. The second kappa shape index (κ2) is 8.19. The van der Waals surface area contributed by atoms with E-state index in [1.807, 2.05) is 12.1 Å². The van der Waals surface area contributed by atoms with Crippen LogP contribution in [-0.2, 0) is 11.2 Å². The molecular formula is C13H18Cl2N2O3. The Morgan fingerprint density at radius 2 is 2.10 bits per heavy atom. The zero-order valence-corrected chi connectivity index (χ0v) is 12.6. The Hall–Kier alpha value is -1.17. The number of rotatable bonds is 5. The zero-order chi connectivity index (χ0) is 13.7. The molecule has 0 unspecified atom stereocenters. The third kappa shape index (κ3) is 4.44. The summed E-state index contributed by atoms with van der Waals surface area (Å²) in [4.78, 5) is 11.3. The number of nitrogens with two attached hydrogens (primary N) is 1. The highest BCUT2D eigenvalue weighted by atomic mass is 35.5. The maximum absolute atomic E-state index is 11.3. The minimum Gasteiger partial charge on any atom is -0.486 e. The van der Waals surface area contributed by atoms with E-state index in [-0.39, 0.29) is 18.3 Å². The average molecular weight is 321 g/mol. The van der Waals surface area contributed by atoms with Gasteiger partial charge in [0, 0.05) is 19.5 Å². The third-order valence-electron chi connectivity index (χ3n) is 2.76. The predicted octanol–water partition coefficient (Wildman–Crippen LogP) is 1.54. The van der Waals surface area contributed by atoms with Crippen LogP contribution in [0, 0.1) is 0 Å². The lowest BCUT2D eigenvalue weighted by Crippen LogP contribution is -2.27. The normalized spacial score (nSPS) is 12.5. The summed E-state index contributed by atoms with van der Waals surface area (Å²) in [5.74, 6) is 1.23. The van der Waals surface area contributed by atoms with E-state index >= 15 is 0 Å². The van der Waals surface area contributed by atoms with Gasteiger partial charge >= 0.3 is 0 Å². The van der Waals surface area contributed by atoms with Crippen molar-refractivity contribution < 1.29 is 14.3 Å². The van der Waals surface area contributed by atoms with Crippen molar-refractivity contribution in [3.63, 3.8) is 0 Å². The summed E-state index contributed by atoms with van der Waals surface area (Å²) < 4.78 is 10.9. The maximum atomic E-state index is 11.3. The molecule has 0 spiro atoms. The van der Waals surface area contributed by atoms with E-state index < -0.39 is 0 Å². The monoisotopic (exact) mass is 320 g/mol. The van der Waals surface area contributed by atoms with E-state index in [2.05, 4.69) is 5.32 Å². The van der Waals surface area contributed by atoms with Crippen molar-refractivity contribution >= 4 is 29.9 Å². The first-order valence-corrected chi connectivity index (χ1v) is 6.63. The van der Waals surface area contributed by atoms with Gasteiger partial charge in [-0.2, -0.15) is 0 Å². The lowest BCUT2D eigenvalue weighted by Gasteiger charge is -2.20. The van der Waals surface area contributed by atoms with Gasteiger partial charge < -0.3 is 20.5 Å². The van der Waals surface area contributed by atoms with Crippen molar-refractivity contribution in [1.82, 2.24) is 5.32 Å². The van der Waals surface area contributed by atoms with Gasteiger partial charge in [0.05, 0.1) is 5.02 Å². The number of carbonyl (C=O) groups is 1. The van der Waals surface area contributed by atoms with Crippen LogP contribution in [0.4, 0.5) is 0 Å². The van der Waals surface area contributed by atoms with Gasteiger partial charge in [-0.25, -0.2) is 0 Å². The number of benzene rings is 1. The molecule has 7 heteroatoms. The standard InChI is InChI=1S/C13H17ClN2O3.ClH/c14-10-7-9(2-4-16-12(17)1-3-15)8-11-13(10)19-6-5-18-11;/h7-8H,1-6,15H2,(H,16,17);1H. The van der Waals surface area contributed by atoms with E-state index in [0.717, 1.165) is 5.56 Å². The SMILES string of the molecule is Cl.NCCC(=O)NCCc1cc(Cl)c2c(c1)OCCO2. The van der Waals surface area contributed by atoms with Crippen molar-refractivity contribution in [2.24, 2.45) is 5.73 Å². The van der Waals surface area contributed by atoms with Crippen molar-refractivity contribution in [2.75, 3.05) is 26.3 Å². The van der Waals surface area contributed by atoms with E-state index in [0.29, 0.717) is 55.7 Å². The highest BCUT2D eigenvalue weighted by molar-refractivity contribution is 6.32. The molecule has 20 heavy (non-hydrogen) atoms. The second-order valence-corrected chi connectivity index (χ2v) is 4.65. The Kier molecular flexibility index (Phi) is 6.91. The van der Waals surface area contributed by atoms with Crippen molar-refractivity contribution in [3.8, 4) is 11.5 Å². The molecule has 2 rings (SSSR count). The van der Waals surface area contributed by atoms with Gasteiger partial charge in [-0.3, -0.25) is 4.79 Å². The molecule has 1 aliphatic heterocycles. The number of ether oxygens (including phenoxy) is 2. The number of amides is 1. The fourth-order valence-electron chi connectivity index (χ4n) is 1.87. The molecule has 0 atom stereocenters. The van der Waals surface area contributed by atoms with Crippen molar-refractivity contribution in [2.45, 2.75) is 12.8 Å². The van der Waals surface area contributed by atoms with Gasteiger partial charge in [-0.15, -0.1) is 12.4 Å². The summed E-state index contributed by atoms with van der Waals surface area (Å²) in [5.41, 5.74) is 6.30. The van der Waals surface area contributed by atoms with E-state index in [1.165, 1.54) is 0 Å². The number of carbonyl (C=O) groups excluding carboxylic acids is 1. The molecule has 0 saturated carbocycles. The van der Waals surface area contributed by atoms with Gasteiger partial charge in [0.1, 0.15) is 13.2 Å². The Morgan fingerprint density at radius 3 is 2.85 bits per heavy atom. The molecule has 0 radical (unpaired) electrons. The van der Waals surface area contributed by atoms with Crippen LogP contribution in [0.1, 0.15) is 12.0 Å². The molecule has 0 fully saturated rings. The van der Waals surface area contributed by atoms with Crippen LogP contribution in [-0.4, -0.2) is 32.2 Å². The number of halogens is 2. The minimum absolute atomic E-state index is 0. The summed E-state index contributed by atoms with van der Waals surface area (Å²) in [5, 5.41) is 3.34. The van der Waals surface area contributed by atoms with Gasteiger partial charge in [0.2, 0.25) is 5.91 Å². The summed E-state index contributed by atoms with van der Waals surface area (Å²) in [7, 11) is 0. The molecule has 1 heterocycles. The highest BCUT2D eigenvalue weighted by Gasteiger charge is 2.16. The lowest BCUT2D eigenvalue weighted by molar-refractivity contribution is -0.120. The predicted molar refractivity (Wildman–Crippen MR) is 80.1 cm³/mol. The number of hydrogen-bond donors (Lipinski definition) is 2. The van der Waals surface area contributed by atoms with Crippen LogP contribution in [0.2, 0.25) is 5.02 Å². The largest absolute Gasteiger partial charge is 0.486 e. The summed E-state index contributed by atoms with van der Waals surface area (Å²) in [6.07, 6.45) is 1.04. The Bertz CT molecular complexity index is 469. The number of hydrogen-bond acceptors (Lipinski definition) is 4. The van der Waals surface area contributed by atoms with Gasteiger partial charge in [0.25, 0.3) is 0 Å². The molecular weight excluding hydrogens is 303 g/mol. The highest BCUT2D eigenvalue weighted by Crippen LogP contribution is 2.38. The molecule has 0 aliphatic carbocycles. The zero-order valence-electron chi connectivity index (χ0n) is 11.0. The molecule has 0 aromatic heterocycles. The molecule has 0 bridgehead atoms. The lowest BCUT2D eigenvalue weighted by atomic mass is 10.1. The molecule has 112 valence electrons. The van der Waals surface area contributed by atoms with Gasteiger partial charge in [0.15, 0.2) is 11.5 Å². The smallest absolute Gasteiger partial charge is 0.221 e. The van der Waals surface area contributed by atoms with E-state index in [1.54, 1.807) is 0 Å². The fourth-order valence-corrected chi connectivity index (χ4v) is 2.16. The molecule has 0 saturated heterocycles. The molecule has 1 aliphatic rings. The first kappa shape index (κ1) is 16.9. The Balaban J connectivity index is 0.00000200. The van der Waals surface area contributed by atoms with Crippen LogP contribution in [0.3, 0.4) is 0 Å². The van der Waals surface area contributed by atoms with E-state index in [9.17, 15) is 4.79 Å². The first-order valence-electron chi connectivity index (χ1n) is 6.25. The Labute approximate surface area is 129 Å². The first-order chi connectivity index (χ1) is 9.20. The molecule has 1 amide bonds. The quantitative estimate of drug-likeness (QED) is 0.863. The summed E-state index contributed by atoms with van der Waals surface area (Å²) in [6.45, 7) is 1.96. The van der Waals surface area contributed by atoms with Gasteiger partial charge in [-0.1, -0.05) is 11.6 Å². The number of nitrogens with one attached hydrogen (secondary N) is 1. The van der Waals surface area contributed by atoms with E-state index in [4.69, 9.17) is 26.8 Å².